The molecule has 9 nitrogen and oxygen atoms in total. The van der Waals surface area contributed by atoms with Crippen molar-refractivity contribution in [1.82, 2.24) is 24.3 Å². The summed E-state index contributed by atoms with van der Waals surface area (Å²) in [5.74, 6) is -1.61. The van der Waals surface area contributed by atoms with Crippen LogP contribution in [0.2, 0.25) is 0 Å². The highest BCUT2D eigenvalue weighted by molar-refractivity contribution is 7.91. The van der Waals surface area contributed by atoms with Crippen molar-refractivity contribution in [2.75, 3.05) is 11.1 Å². The Hall–Kier alpha value is -3.29. The number of carbonyl (C=O) groups is 1. The van der Waals surface area contributed by atoms with Crippen LogP contribution in [0.1, 0.15) is 35.2 Å². The van der Waals surface area contributed by atoms with Crippen LogP contribution in [0, 0.1) is 12.7 Å². The zero-order chi connectivity index (χ0) is 24.0. The fourth-order valence-corrected chi connectivity index (χ4v) is 5.45. The van der Waals surface area contributed by atoms with E-state index in [1.807, 2.05) is 0 Å². The van der Waals surface area contributed by atoms with Gasteiger partial charge in [0.2, 0.25) is 5.91 Å². The van der Waals surface area contributed by atoms with E-state index in [0.717, 1.165) is 16.8 Å². The van der Waals surface area contributed by atoms with Crippen LogP contribution >= 0.6 is 0 Å². The van der Waals surface area contributed by atoms with Crippen molar-refractivity contribution in [3.63, 3.8) is 0 Å². The van der Waals surface area contributed by atoms with Gasteiger partial charge >= 0.3 is 6.18 Å². The Morgan fingerprint density at radius 1 is 1.27 bits per heavy atom. The predicted molar refractivity (Wildman–Crippen MR) is 108 cm³/mol. The van der Waals surface area contributed by atoms with Gasteiger partial charge in [0.05, 0.1) is 23.3 Å². The molecule has 1 N–H and O–H groups in total. The standard InChI is InChI=1S/C19H18F4N6O3S/c1-11-5-16(19(21,22)23)27-29(11)9-17(30)26-12-6-13(20)18(24-7-12)28-8-14(25-10-28)15-3-2-4-33(15,31)32/h5-8,10,15H,2-4,9H2,1H3,(H,26,30)/t15-/m0/s1. The molecular weight excluding hydrogens is 468 g/mol. The summed E-state index contributed by atoms with van der Waals surface area (Å²) in [5.41, 5.74) is -0.688. The average Bonchev–Trinajstić information content (AvgIpc) is 3.40. The van der Waals surface area contributed by atoms with Crippen LogP contribution in [0.25, 0.3) is 5.82 Å². The molecule has 1 fully saturated rings. The van der Waals surface area contributed by atoms with Gasteiger partial charge in [0.1, 0.15) is 18.1 Å². The first-order valence-electron chi connectivity index (χ1n) is 9.77. The number of alkyl halides is 3. The second kappa shape index (κ2) is 8.24. The maximum Gasteiger partial charge on any atom is 0.435 e. The van der Waals surface area contributed by atoms with E-state index in [-0.39, 0.29) is 23.0 Å². The van der Waals surface area contributed by atoms with Gasteiger partial charge < -0.3 is 5.32 Å². The number of rotatable bonds is 5. The molecule has 0 bridgehead atoms. The fourth-order valence-electron chi connectivity index (χ4n) is 3.58. The molecule has 14 heteroatoms. The maximum atomic E-state index is 14.6. The number of hydrogen-bond donors (Lipinski definition) is 1. The molecule has 1 atom stereocenters. The van der Waals surface area contributed by atoms with E-state index in [1.54, 1.807) is 0 Å². The molecule has 4 rings (SSSR count). The van der Waals surface area contributed by atoms with Gasteiger partial charge in [0, 0.05) is 18.0 Å². The summed E-state index contributed by atoms with van der Waals surface area (Å²) in [6.45, 7) is 0.869. The van der Waals surface area contributed by atoms with Crippen LogP contribution in [-0.4, -0.2) is 44.4 Å². The number of nitrogens with zero attached hydrogens (tertiary/aromatic N) is 5. The number of pyridine rings is 1. The molecule has 4 heterocycles. The van der Waals surface area contributed by atoms with Crippen LogP contribution in [-0.2, 0) is 27.4 Å². The molecule has 1 aliphatic rings. The third-order valence-electron chi connectivity index (χ3n) is 5.18. The van der Waals surface area contributed by atoms with E-state index in [2.05, 4.69) is 20.4 Å². The van der Waals surface area contributed by atoms with Gasteiger partial charge in [-0.2, -0.15) is 18.3 Å². The lowest BCUT2D eigenvalue weighted by Gasteiger charge is -2.09. The zero-order valence-electron chi connectivity index (χ0n) is 17.2. The smallest absolute Gasteiger partial charge is 0.323 e. The van der Waals surface area contributed by atoms with E-state index in [4.69, 9.17) is 0 Å². The number of amides is 1. The Morgan fingerprint density at radius 3 is 2.64 bits per heavy atom. The van der Waals surface area contributed by atoms with Crippen LogP contribution in [0.3, 0.4) is 0 Å². The Labute approximate surface area is 185 Å². The SMILES string of the molecule is Cc1cc(C(F)(F)F)nn1CC(=O)Nc1cnc(-n2cnc([C@@H]3CCCS3(=O)=O)c2)c(F)c1. The molecule has 33 heavy (non-hydrogen) atoms. The summed E-state index contributed by atoms with van der Waals surface area (Å²) < 4.78 is 79.2. The van der Waals surface area contributed by atoms with Gasteiger partial charge in [-0.15, -0.1) is 0 Å². The summed E-state index contributed by atoms with van der Waals surface area (Å²) in [5, 5.41) is 4.99. The summed E-state index contributed by atoms with van der Waals surface area (Å²) in [6, 6.07) is 1.81. The minimum Gasteiger partial charge on any atom is -0.323 e. The van der Waals surface area contributed by atoms with Gasteiger partial charge in [-0.1, -0.05) is 0 Å². The van der Waals surface area contributed by atoms with Gasteiger partial charge in [-0.3, -0.25) is 14.0 Å². The lowest BCUT2D eigenvalue weighted by molar-refractivity contribution is -0.141. The molecule has 0 aromatic carbocycles. The van der Waals surface area contributed by atoms with E-state index < -0.39 is 45.2 Å². The third kappa shape index (κ3) is 4.74. The first-order valence-corrected chi connectivity index (χ1v) is 11.5. The van der Waals surface area contributed by atoms with E-state index in [9.17, 15) is 30.8 Å². The molecule has 0 unspecified atom stereocenters. The highest BCUT2D eigenvalue weighted by atomic mass is 32.2. The number of halogens is 4. The van der Waals surface area contributed by atoms with Crippen LogP contribution in [0.5, 0.6) is 0 Å². The number of anilines is 1. The van der Waals surface area contributed by atoms with Crippen molar-refractivity contribution in [3.8, 4) is 5.82 Å². The highest BCUT2D eigenvalue weighted by Gasteiger charge is 2.35. The van der Waals surface area contributed by atoms with E-state index in [0.29, 0.717) is 18.5 Å². The highest BCUT2D eigenvalue weighted by Crippen LogP contribution is 2.34. The summed E-state index contributed by atoms with van der Waals surface area (Å²) in [7, 11) is -3.28. The largest absolute Gasteiger partial charge is 0.435 e. The molecule has 3 aromatic heterocycles. The quantitative estimate of drug-likeness (QED) is 0.555. The molecule has 176 valence electrons. The number of sulfone groups is 1. The molecule has 0 aliphatic carbocycles. The summed E-state index contributed by atoms with van der Waals surface area (Å²) in [6.07, 6.45) is 0.169. The first kappa shape index (κ1) is 22.9. The Balaban J connectivity index is 1.46. The molecule has 1 saturated heterocycles. The van der Waals surface area contributed by atoms with Crippen LogP contribution in [0.15, 0.2) is 30.9 Å². The second-order valence-electron chi connectivity index (χ2n) is 7.61. The lowest BCUT2D eigenvalue weighted by atomic mass is 10.2. The van der Waals surface area contributed by atoms with Crippen molar-refractivity contribution in [1.29, 1.82) is 0 Å². The zero-order valence-corrected chi connectivity index (χ0v) is 18.0. The minimum atomic E-state index is -4.63. The maximum absolute atomic E-state index is 14.6. The first-order chi connectivity index (χ1) is 15.4. The van der Waals surface area contributed by atoms with E-state index in [1.165, 1.54) is 30.2 Å². The molecule has 1 amide bonds. The van der Waals surface area contributed by atoms with Crippen molar-refractivity contribution < 1.29 is 30.8 Å². The number of carbonyl (C=O) groups excluding carboxylic acids is 1. The predicted octanol–water partition coefficient (Wildman–Crippen LogP) is 2.82. The monoisotopic (exact) mass is 486 g/mol. The Bertz CT molecular complexity index is 1320. The van der Waals surface area contributed by atoms with Crippen LogP contribution in [0.4, 0.5) is 23.2 Å². The topological polar surface area (TPSA) is 112 Å². The lowest BCUT2D eigenvalue weighted by Crippen LogP contribution is -2.21. The van der Waals surface area contributed by atoms with Crippen molar-refractivity contribution in [2.24, 2.45) is 0 Å². The summed E-state index contributed by atoms with van der Waals surface area (Å²) >= 11 is 0. The van der Waals surface area contributed by atoms with Gasteiger partial charge in [0.25, 0.3) is 0 Å². The number of aromatic nitrogens is 5. The van der Waals surface area contributed by atoms with Crippen molar-refractivity contribution in [2.45, 2.75) is 37.7 Å². The van der Waals surface area contributed by atoms with Gasteiger partial charge in [-0.05, 0) is 25.8 Å². The number of nitrogens with one attached hydrogen (secondary N) is 1. The van der Waals surface area contributed by atoms with Gasteiger partial charge in [-0.25, -0.2) is 22.8 Å². The normalized spacial score (nSPS) is 17.9. The van der Waals surface area contributed by atoms with E-state index >= 15 is 0 Å². The average molecular weight is 486 g/mol. The summed E-state index contributed by atoms with van der Waals surface area (Å²) in [4.78, 5) is 20.2. The number of aryl methyl sites for hydroxylation is 1. The Kier molecular flexibility index (Phi) is 5.72. The minimum absolute atomic E-state index is 0.0131. The molecule has 1 aliphatic heterocycles. The fraction of sp³-hybridized carbons (Fsp3) is 0.368. The molecule has 3 aromatic rings. The third-order valence-corrected chi connectivity index (χ3v) is 7.38. The molecule has 0 spiro atoms. The molecule has 0 saturated carbocycles. The second-order valence-corrected chi connectivity index (χ2v) is 9.91. The molecule has 0 radical (unpaired) electrons. The molecular formula is C19H18F4N6O3S. The van der Waals surface area contributed by atoms with Crippen molar-refractivity contribution in [3.05, 3.63) is 53.8 Å². The van der Waals surface area contributed by atoms with Gasteiger partial charge in [0.15, 0.2) is 27.2 Å². The number of hydrogen-bond acceptors (Lipinski definition) is 6. The van der Waals surface area contributed by atoms with Crippen LogP contribution < -0.4 is 5.32 Å². The van der Waals surface area contributed by atoms with Crippen molar-refractivity contribution >= 4 is 21.4 Å². The Morgan fingerprint density at radius 2 is 2.03 bits per heavy atom. The number of imidazole rings is 1.